The highest BCUT2D eigenvalue weighted by Gasteiger charge is 2.32. The minimum atomic E-state index is -4.54. The number of rotatable bonds is 2. The third kappa shape index (κ3) is 3.22. The van der Waals surface area contributed by atoms with Crippen LogP contribution in [0.4, 0.5) is 18.0 Å². The number of nitrogens with zero attached hydrogens (tertiary/aromatic N) is 2. The van der Waals surface area contributed by atoms with E-state index in [9.17, 15) is 18.0 Å². The largest absolute Gasteiger partial charge is 0.433 e. The summed E-state index contributed by atoms with van der Waals surface area (Å²) in [5, 5.41) is 0. The molecule has 0 aliphatic heterocycles. The van der Waals surface area contributed by atoms with Crippen LogP contribution in [0, 0.1) is 0 Å². The Balaban J connectivity index is 2.30. The Morgan fingerprint density at radius 2 is 1.80 bits per heavy atom. The van der Waals surface area contributed by atoms with Gasteiger partial charge in [-0.2, -0.15) is 13.2 Å². The van der Waals surface area contributed by atoms with E-state index in [1.165, 1.54) is 24.3 Å². The number of ether oxygens (including phenoxy) is 1. The van der Waals surface area contributed by atoms with Gasteiger partial charge in [-0.25, -0.2) is 14.8 Å². The fourth-order valence-corrected chi connectivity index (χ4v) is 1.48. The molecule has 1 heterocycles. The summed E-state index contributed by atoms with van der Waals surface area (Å²) in [5.41, 5.74) is 4.34. The number of halogens is 3. The van der Waals surface area contributed by atoms with Gasteiger partial charge in [0, 0.05) is 5.56 Å². The van der Waals surface area contributed by atoms with Crippen LogP contribution in [0.5, 0.6) is 5.75 Å². The van der Waals surface area contributed by atoms with Crippen molar-refractivity contribution in [3.8, 4) is 17.0 Å². The predicted octanol–water partition coefficient (Wildman–Crippen LogP) is 2.62. The number of amides is 1. The first kappa shape index (κ1) is 13.8. The van der Waals surface area contributed by atoms with Crippen molar-refractivity contribution in [1.82, 2.24) is 9.97 Å². The first-order chi connectivity index (χ1) is 9.36. The molecule has 2 N–H and O–H groups in total. The number of aromatic nitrogens is 2. The Bertz CT molecular complexity index is 627. The number of hydrogen-bond acceptors (Lipinski definition) is 4. The predicted molar refractivity (Wildman–Crippen MR) is 62.7 cm³/mol. The summed E-state index contributed by atoms with van der Waals surface area (Å²) in [4.78, 5) is 17.5. The van der Waals surface area contributed by atoms with Gasteiger partial charge in [0.1, 0.15) is 17.8 Å². The molecule has 0 atom stereocenters. The normalized spacial score (nSPS) is 11.2. The average Bonchev–Trinajstić information content (AvgIpc) is 2.38. The number of carbonyl (C=O) groups excluding carboxylic acids is 1. The smallest absolute Gasteiger partial charge is 0.411 e. The second-order valence-corrected chi connectivity index (χ2v) is 3.73. The summed E-state index contributed by atoms with van der Waals surface area (Å²) in [7, 11) is 0. The number of benzene rings is 1. The van der Waals surface area contributed by atoms with Crippen LogP contribution < -0.4 is 10.5 Å². The molecule has 104 valence electrons. The minimum Gasteiger partial charge on any atom is -0.411 e. The molecular formula is C12H8F3N3O2. The van der Waals surface area contributed by atoms with Crippen LogP contribution in [0.3, 0.4) is 0 Å². The molecule has 0 radical (unpaired) electrons. The zero-order chi connectivity index (χ0) is 14.8. The Morgan fingerprint density at radius 3 is 2.35 bits per heavy atom. The monoisotopic (exact) mass is 283 g/mol. The quantitative estimate of drug-likeness (QED) is 0.918. The molecular weight excluding hydrogens is 275 g/mol. The fourth-order valence-electron chi connectivity index (χ4n) is 1.48. The van der Waals surface area contributed by atoms with Gasteiger partial charge in [0.05, 0.1) is 5.69 Å². The molecule has 20 heavy (non-hydrogen) atoms. The van der Waals surface area contributed by atoms with Crippen molar-refractivity contribution in [3.05, 3.63) is 42.4 Å². The number of carbonyl (C=O) groups is 1. The van der Waals surface area contributed by atoms with Crippen molar-refractivity contribution >= 4 is 6.09 Å². The maximum absolute atomic E-state index is 12.5. The molecule has 0 aliphatic rings. The van der Waals surface area contributed by atoms with Gasteiger partial charge in [-0.15, -0.1) is 0 Å². The van der Waals surface area contributed by atoms with Gasteiger partial charge in [-0.3, -0.25) is 0 Å². The maximum Gasteiger partial charge on any atom is 0.433 e. The van der Waals surface area contributed by atoms with Gasteiger partial charge in [-0.1, -0.05) is 0 Å². The van der Waals surface area contributed by atoms with Crippen LogP contribution in [-0.2, 0) is 6.18 Å². The molecule has 5 nitrogen and oxygen atoms in total. The summed E-state index contributed by atoms with van der Waals surface area (Å²) in [5.74, 6) is 0.186. The second kappa shape index (κ2) is 5.16. The number of primary amides is 1. The Kier molecular flexibility index (Phi) is 3.55. The zero-order valence-corrected chi connectivity index (χ0v) is 9.89. The highest BCUT2D eigenvalue weighted by Crippen LogP contribution is 2.29. The molecule has 8 heteroatoms. The SMILES string of the molecule is NC(=O)Oc1ccc(-c2cc(C(F)(F)F)ncn2)cc1. The lowest BCUT2D eigenvalue weighted by Gasteiger charge is -2.07. The van der Waals surface area contributed by atoms with Gasteiger partial charge in [0.15, 0.2) is 0 Å². The van der Waals surface area contributed by atoms with Crippen LogP contribution in [0.1, 0.15) is 5.69 Å². The van der Waals surface area contributed by atoms with Gasteiger partial charge in [-0.05, 0) is 30.3 Å². The van der Waals surface area contributed by atoms with Gasteiger partial charge < -0.3 is 10.5 Å². The number of nitrogens with two attached hydrogens (primary N) is 1. The molecule has 0 fully saturated rings. The number of hydrogen-bond donors (Lipinski definition) is 1. The first-order valence-corrected chi connectivity index (χ1v) is 5.33. The maximum atomic E-state index is 12.5. The van der Waals surface area contributed by atoms with Crippen LogP contribution >= 0.6 is 0 Å². The van der Waals surface area contributed by atoms with E-state index in [1.54, 1.807) is 0 Å². The molecule has 0 spiro atoms. The van der Waals surface area contributed by atoms with Crippen LogP contribution in [0.2, 0.25) is 0 Å². The first-order valence-electron chi connectivity index (χ1n) is 5.33. The fraction of sp³-hybridized carbons (Fsp3) is 0.0833. The van der Waals surface area contributed by atoms with E-state index < -0.39 is 18.0 Å². The molecule has 0 saturated heterocycles. The van der Waals surface area contributed by atoms with Crippen molar-refractivity contribution in [2.24, 2.45) is 5.73 Å². The topological polar surface area (TPSA) is 78.1 Å². The third-order valence-electron chi connectivity index (χ3n) is 2.33. The molecule has 0 bridgehead atoms. The zero-order valence-electron chi connectivity index (χ0n) is 9.89. The van der Waals surface area contributed by atoms with Crippen LogP contribution in [0.25, 0.3) is 11.3 Å². The molecule has 1 aromatic carbocycles. The van der Waals surface area contributed by atoms with E-state index in [0.717, 1.165) is 12.4 Å². The molecule has 2 aromatic rings. The molecule has 0 aliphatic carbocycles. The van der Waals surface area contributed by atoms with Crippen LogP contribution in [-0.4, -0.2) is 16.1 Å². The summed E-state index contributed by atoms with van der Waals surface area (Å²) in [6, 6.07) is 6.55. The lowest BCUT2D eigenvalue weighted by atomic mass is 10.1. The van der Waals surface area contributed by atoms with Crippen LogP contribution in [0.15, 0.2) is 36.7 Å². The van der Waals surface area contributed by atoms with Crippen molar-refractivity contribution in [1.29, 1.82) is 0 Å². The van der Waals surface area contributed by atoms with Gasteiger partial charge >= 0.3 is 12.3 Å². The molecule has 2 rings (SSSR count). The highest BCUT2D eigenvalue weighted by atomic mass is 19.4. The second-order valence-electron chi connectivity index (χ2n) is 3.73. The summed E-state index contributed by atoms with van der Waals surface area (Å²) >= 11 is 0. The van der Waals surface area contributed by atoms with Crippen molar-refractivity contribution < 1.29 is 22.7 Å². The van der Waals surface area contributed by atoms with Gasteiger partial charge in [0.2, 0.25) is 0 Å². The van der Waals surface area contributed by atoms with E-state index in [1.807, 2.05) is 0 Å². The van der Waals surface area contributed by atoms with Crippen molar-refractivity contribution in [2.75, 3.05) is 0 Å². The summed E-state index contributed by atoms with van der Waals surface area (Å²) in [6.45, 7) is 0. The third-order valence-corrected chi connectivity index (χ3v) is 2.33. The van der Waals surface area contributed by atoms with Gasteiger partial charge in [0.25, 0.3) is 0 Å². The minimum absolute atomic E-state index is 0.109. The lowest BCUT2D eigenvalue weighted by Crippen LogP contribution is -2.16. The molecule has 1 amide bonds. The summed E-state index contributed by atoms with van der Waals surface area (Å²) in [6.07, 6.45) is -4.67. The Morgan fingerprint density at radius 1 is 1.15 bits per heavy atom. The molecule has 0 saturated carbocycles. The van der Waals surface area contributed by atoms with E-state index in [0.29, 0.717) is 5.56 Å². The number of alkyl halides is 3. The molecule has 0 unspecified atom stereocenters. The lowest BCUT2D eigenvalue weighted by molar-refractivity contribution is -0.141. The van der Waals surface area contributed by atoms with E-state index >= 15 is 0 Å². The Labute approximate surface area is 111 Å². The standard InChI is InChI=1S/C12H8F3N3O2/c13-12(14,15)10-5-9(17-6-18-10)7-1-3-8(4-2-7)20-11(16)19/h1-6H,(H2,16,19). The highest BCUT2D eigenvalue weighted by molar-refractivity contribution is 5.69. The average molecular weight is 283 g/mol. The van der Waals surface area contributed by atoms with E-state index in [2.05, 4.69) is 14.7 Å². The Hall–Kier alpha value is -2.64. The molecule has 1 aromatic heterocycles. The summed E-state index contributed by atoms with van der Waals surface area (Å²) < 4.78 is 42.2. The van der Waals surface area contributed by atoms with E-state index in [4.69, 9.17) is 5.73 Å². The van der Waals surface area contributed by atoms with Crippen molar-refractivity contribution in [2.45, 2.75) is 6.18 Å². The van der Waals surface area contributed by atoms with E-state index in [-0.39, 0.29) is 11.4 Å². The van der Waals surface area contributed by atoms with Crippen molar-refractivity contribution in [3.63, 3.8) is 0 Å².